The molecule has 0 fully saturated rings. The number of hydrogen-bond donors (Lipinski definition) is 2. The molecule has 1 heterocycles. The lowest BCUT2D eigenvalue weighted by Gasteiger charge is -2.12. The van der Waals surface area contributed by atoms with Crippen LogP contribution in [0.2, 0.25) is 0 Å². The second-order valence-electron chi connectivity index (χ2n) is 5.24. The Labute approximate surface area is 134 Å². The highest BCUT2D eigenvalue weighted by Gasteiger charge is 2.14. The van der Waals surface area contributed by atoms with Crippen LogP contribution >= 0.6 is 0 Å². The van der Waals surface area contributed by atoms with Crippen LogP contribution in [0.1, 0.15) is 18.7 Å². The Balaban J connectivity index is 1.64. The molecule has 0 aliphatic heterocycles. The van der Waals surface area contributed by atoms with Gasteiger partial charge in [0.25, 0.3) is 0 Å². The number of hydrogen-bond acceptors (Lipinski definition) is 3. The molecule has 5 heteroatoms. The number of carbonyl (C=O) groups excluding carboxylic acids is 1. The fourth-order valence-electron chi connectivity index (χ4n) is 2.33. The second-order valence-corrected chi connectivity index (χ2v) is 5.24. The Kier molecular flexibility index (Phi) is 4.19. The summed E-state index contributed by atoms with van der Waals surface area (Å²) in [5.74, 6) is 1.46. The number of para-hydroxylation sites is 1. The van der Waals surface area contributed by atoms with Gasteiger partial charge in [0.2, 0.25) is 0 Å². The zero-order chi connectivity index (χ0) is 16.2. The number of ether oxygens (including phenoxy) is 1. The summed E-state index contributed by atoms with van der Waals surface area (Å²) in [5, 5.41) is 6.66. The van der Waals surface area contributed by atoms with Crippen molar-refractivity contribution in [3.63, 3.8) is 0 Å². The minimum atomic E-state index is -0.289. The number of fused-ring (bicyclic) bond motifs is 1. The van der Waals surface area contributed by atoms with Crippen molar-refractivity contribution in [3.05, 3.63) is 60.4 Å². The summed E-state index contributed by atoms with van der Waals surface area (Å²) in [6.45, 7) is 1.88. The van der Waals surface area contributed by atoms with Crippen LogP contribution < -0.4 is 15.4 Å². The summed E-state index contributed by atoms with van der Waals surface area (Å²) in [5.41, 5.74) is 1.51. The summed E-state index contributed by atoms with van der Waals surface area (Å²) in [4.78, 5) is 12.1. The Morgan fingerprint density at radius 2 is 1.87 bits per heavy atom. The van der Waals surface area contributed by atoms with E-state index in [1.165, 1.54) is 0 Å². The lowest BCUT2D eigenvalue weighted by molar-refractivity contribution is 0.248. The highest BCUT2D eigenvalue weighted by Crippen LogP contribution is 2.23. The minimum absolute atomic E-state index is 0.236. The molecule has 5 nitrogen and oxygen atoms in total. The fraction of sp³-hybridized carbons (Fsp3) is 0.167. The van der Waals surface area contributed by atoms with Crippen molar-refractivity contribution in [2.75, 3.05) is 12.4 Å². The van der Waals surface area contributed by atoms with E-state index in [1.807, 2.05) is 37.3 Å². The standard InChI is InChI=1S/C18H18N2O3/c1-12(17-11-13-5-3-4-6-16(13)23-17)19-18(21)20-14-7-9-15(22-2)10-8-14/h3-12H,1-2H3,(H2,19,20,21). The summed E-state index contributed by atoms with van der Waals surface area (Å²) < 4.78 is 10.8. The number of nitrogens with one attached hydrogen (secondary N) is 2. The van der Waals surface area contributed by atoms with E-state index in [2.05, 4.69) is 10.6 Å². The third-order valence-electron chi connectivity index (χ3n) is 3.57. The van der Waals surface area contributed by atoms with Gasteiger partial charge in [-0.25, -0.2) is 4.79 Å². The molecule has 0 bridgehead atoms. The molecule has 0 aliphatic carbocycles. The molecule has 1 aromatic heterocycles. The van der Waals surface area contributed by atoms with Crippen molar-refractivity contribution in [2.45, 2.75) is 13.0 Å². The Hall–Kier alpha value is -2.95. The van der Waals surface area contributed by atoms with Crippen molar-refractivity contribution in [1.29, 1.82) is 0 Å². The van der Waals surface area contributed by atoms with Gasteiger partial charge in [0.05, 0.1) is 13.2 Å². The van der Waals surface area contributed by atoms with E-state index in [4.69, 9.17) is 9.15 Å². The Morgan fingerprint density at radius 3 is 2.57 bits per heavy atom. The zero-order valence-corrected chi connectivity index (χ0v) is 13.0. The quantitative estimate of drug-likeness (QED) is 0.754. The van der Waals surface area contributed by atoms with Gasteiger partial charge in [-0.15, -0.1) is 0 Å². The molecule has 2 N–H and O–H groups in total. The van der Waals surface area contributed by atoms with Crippen LogP contribution in [-0.4, -0.2) is 13.1 Å². The fourth-order valence-corrected chi connectivity index (χ4v) is 2.33. The summed E-state index contributed by atoms with van der Waals surface area (Å²) >= 11 is 0. The third-order valence-corrected chi connectivity index (χ3v) is 3.57. The van der Waals surface area contributed by atoms with Crippen LogP contribution in [0, 0.1) is 0 Å². The number of methoxy groups -OCH3 is 1. The molecule has 1 unspecified atom stereocenters. The van der Waals surface area contributed by atoms with E-state index >= 15 is 0 Å². The molecule has 3 rings (SSSR count). The van der Waals surface area contributed by atoms with Gasteiger partial charge in [-0.3, -0.25) is 0 Å². The number of furan rings is 1. The average Bonchev–Trinajstić information content (AvgIpc) is 2.99. The number of carbonyl (C=O) groups is 1. The van der Waals surface area contributed by atoms with E-state index in [1.54, 1.807) is 31.4 Å². The molecule has 0 saturated heterocycles. The predicted octanol–water partition coefficient (Wildman–Crippen LogP) is 4.32. The Morgan fingerprint density at radius 1 is 1.13 bits per heavy atom. The van der Waals surface area contributed by atoms with E-state index in [9.17, 15) is 4.79 Å². The molecule has 1 atom stereocenters. The van der Waals surface area contributed by atoms with Crippen LogP contribution in [0.5, 0.6) is 5.75 Å². The number of urea groups is 1. The van der Waals surface area contributed by atoms with Gasteiger partial charge in [0, 0.05) is 11.1 Å². The predicted molar refractivity (Wildman–Crippen MR) is 89.8 cm³/mol. The van der Waals surface area contributed by atoms with Crippen molar-refractivity contribution < 1.29 is 13.9 Å². The number of amides is 2. The molecule has 3 aromatic rings. The van der Waals surface area contributed by atoms with Crippen molar-refractivity contribution in [3.8, 4) is 5.75 Å². The van der Waals surface area contributed by atoms with Crippen LogP contribution in [-0.2, 0) is 0 Å². The lowest BCUT2D eigenvalue weighted by atomic mass is 10.2. The van der Waals surface area contributed by atoms with E-state index in [0.29, 0.717) is 5.69 Å². The summed E-state index contributed by atoms with van der Waals surface area (Å²) in [6, 6.07) is 16.3. The molecule has 0 saturated carbocycles. The average molecular weight is 310 g/mol. The Bertz CT molecular complexity index is 776. The molecule has 0 radical (unpaired) electrons. The smallest absolute Gasteiger partial charge is 0.319 e. The van der Waals surface area contributed by atoms with Gasteiger partial charge >= 0.3 is 6.03 Å². The molecular weight excluding hydrogens is 292 g/mol. The normalized spacial score (nSPS) is 11.9. The van der Waals surface area contributed by atoms with Crippen LogP contribution in [0.3, 0.4) is 0 Å². The molecule has 118 valence electrons. The third kappa shape index (κ3) is 3.45. The summed E-state index contributed by atoms with van der Waals surface area (Å²) in [7, 11) is 1.60. The van der Waals surface area contributed by atoms with Gasteiger partial charge in [-0.2, -0.15) is 0 Å². The van der Waals surface area contributed by atoms with Gasteiger partial charge in [0.15, 0.2) is 0 Å². The summed E-state index contributed by atoms with van der Waals surface area (Å²) in [6.07, 6.45) is 0. The highest BCUT2D eigenvalue weighted by molar-refractivity contribution is 5.89. The highest BCUT2D eigenvalue weighted by atomic mass is 16.5. The van der Waals surface area contributed by atoms with E-state index in [-0.39, 0.29) is 12.1 Å². The van der Waals surface area contributed by atoms with Gasteiger partial charge < -0.3 is 19.8 Å². The van der Waals surface area contributed by atoms with Gasteiger partial charge in [0.1, 0.15) is 17.1 Å². The van der Waals surface area contributed by atoms with E-state index in [0.717, 1.165) is 22.5 Å². The first-order valence-electron chi connectivity index (χ1n) is 7.36. The maximum absolute atomic E-state index is 12.1. The van der Waals surface area contributed by atoms with Crippen LogP contribution in [0.25, 0.3) is 11.0 Å². The van der Waals surface area contributed by atoms with Crippen molar-refractivity contribution >= 4 is 22.7 Å². The second kappa shape index (κ2) is 6.44. The molecule has 0 spiro atoms. The molecule has 2 aromatic carbocycles. The maximum Gasteiger partial charge on any atom is 0.319 e. The van der Waals surface area contributed by atoms with Gasteiger partial charge in [-0.1, -0.05) is 18.2 Å². The minimum Gasteiger partial charge on any atom is -0.497 e. The molecular formula is C18H18N2O3. The number of rotatable bonds is 4. The number of benzene rings is 2. The van der Waals surface area contributed by atoms with E-state index < -0.39 is 0 Å². The van der Waals surface area contributed by atoms with Crippen LogP contribution in [0.4, 0.5) is 10.5 Å². The van der Waals surface area contributed by atoms with Gasteiger partial charge in [-0.05, 0) is 43.3 Å². The first-order chi connectivity index (χ1) is 11.2. The van der Waals surface area contributed by atoms with Crippen LogP contribution in [0.15, 0.2) is 59.0 Å². The maximum atomic E-state index is 12.1. The largest absolute Gasteiger partial charge is 0.497 e. The molecule has 23 heavy (non-hydrogen) atoms. The monoisotopic (exact) mass is 310 g/mol. The topological polar surface area (TPSA) is 63.5 Å². The molecule has 0 aliphatic rings. The first kappa shape index (κ1) is 15.0. The zero-order valence-electron chi connectivity index (χ0n) is 13.0. The lowest BCUT2D eigenvalue weighted by Crippen LogP contribution is -2.30. The van der Waals surface area contributed by atoms with Crippen molar-refractivity contribution in [2.24, 2.45) is 0 Å². The number of anilines is 1. The molecule has 2 amide bonds. The van der Waals surface area contributed by atoms with Crippen molar-refractivity contribution in [1.82, 2.24) is 5.32 Å². The first-order valence-corrected chi connectivity index (χ1v) is 7.36. The SMILES string of the molecule is COc1ccc(NC(=O)NC(C)c2cc3ccccc3o2)cc1.